The Bertz CT molecular complexity index is 732. The van der Waals surface area contributed by atoms with Crippen molar-refractivity contribution in [3.8, 4) is 5.75 Å². The first-order chi connectivity index (χ1) is 9.31. The summed E-state index contributed by atoms with van der Waals surface area (Å²) in [7, 11) is 0. The maximum absolute atomic E-state index is 11.1. The summed E-state index contributed by atoms with van der Waals surface area (Å²) >= 11 is 0. The van der Waals surface area contributed by atoms with Gasteiger partial charge in [-0.2, -0.15) is 0 Å². The Labute approximate surface area is 109 Å². The Morgan fingerprint density at radius 3 is 3.00 bits per heavy atom. The van der Waals surface area contributed by atoms with E-state index in [1.807, 2.05) is 22.9 Å². The van der Waals surface area contributed by atoms with Crippen LogP contribution in [0.4, 0.5) is 0 Å². The SMILES string of the molecule is O=c1ccc2ccc(OCCn3ccnc3)cc2o1. The van der Waals surface area contributed by atoms with Crippen molar-refractivity contribution in [2.45, 2.75) is 6.54 Å². The molecule has 0 aliphatic heterocycles. The van der Waals surface area contributed by atoms with Crippen molar-refractivity contribution in [2.75, 3.05) is 6.61 Å². The fraction of sp³-hybridized carbons (Fsp3) is 0.143. The zero-order valence-electron chi connectivity index (χ0n) is 10.2. The van der Waals surface area contributed by atoms with E-state index in [9.17, 15) is 4.79 Å². The highest BCUT2D eigenvalue weighted by atomic mass is 16.5. The van der Waals surface area contributed by atoms with Gasteiger partial charge in [0.25, 0.3) is 0 Å². The van der Waals surface area contributed by atoms with Crippen LogP contribution in [0.2, 0.25) is 0 Å². The monoisotopic (exact) mass is 256 g/mol. The third-order valence-electron chi connectivity index (χ3n) is 2.77. The van der Waals surface area contributed by atoms with Crippen molar-refractivity contribution in [1.29, 1.82) is 0 Å². The molecule has 0 saturated carbocycles. The zero-order chi connectivity index (χ0) is 13.1. The molecule has 0 radical (unpaired) electrons. The van der Waals surface area contributed by atoms with Gasteiger partial charge < -0.3 is 13.7 Å². The standard InChI is InChI=1S/C14H12N2O3/c17-14-4-2-11-1-3-12(9-13(11)19-14)18-8-7-16-6-5-15-10-16/h1-6,9-10H,7-8H2. The summed E-state index contributed by atoms with van der Waals surface area (Å²) in [5.74, 6) is 0.682. The molecule has 0 saturated heterocycles. The molecule has 2 heterocycles. The summed E-state index contributed by atoms with van der Waals surface area (Å²) in [6.07, 6.45) is 5.34. The average Bonchev–Trinajstić information content (AvgIpc) is 2.91. The van der Waals surface area contributed by atoms with Gasteiger partial charge in [0.05, 0.1) is 12.9 Å². The van der Waals surface area contributed by atoms with Gasteiger partial charge in [0.15, 0.2) is 0 Å². The lowest BCUT2D eigenvalue weighted by Gasteiger charge is -2.07. The molecule has 0 spiro atoms. The van der Waals surface area contributed by atoms with Crippen molar-refractivity contribution in [3.05, 3.63) is 59.5 Å². The van der Waals surface area contributed by atoms with Gasteiger partial charge in [-0.1, -0.05) is 0 Å². The summed E-state index contributed by atoms with van der Waals surface area (Å²) in [6, 6.07) is 8.59. The number of hydrogen-bond acceptors (Lipinski definition) is 4. The first-order valence-electron chi connectivity index (χ1n) is 5.94. The average molecular weight is 256 g/mol. The van der Waals surface area contributed by atoms with E-state index in [1.165, 1.54) is 6.07 Å². The Morgan fingerprint density at radius 1 is 1.26 bits per heavy atom. The molecule has 0 aliphatic carbocycles. The third-order valence-corrected chi connectivity index (χ3v) is 2.77. The van der Waals surface area contributed by atoms with E-state index in [0.717, 1.165) is 11.9 Å². The van der Waals surface area contributed by atoms with Gasteiger partial charge in [-0.05, 0) is 18.2 Å². The summed E-state index contributed by atoms with van der Waals surface area (Å²) in [5.41, 5.74) is 0.177. The third kappa shape index (κ3) is 2.65. The summed E-state index contributed by atoms with van der Waals surface area (Å²) in [6.45, 7) is 1.25. The Kier molecular flexibility index (Phi) is 3.02. The molecule has 0 bridgehead atoms. The largest absolute Gasteiger partial charge is 0.492 e. The van der Waals surface area contributed by atoms with E-state index < -0.39 is 0 Å². The molecule has 0 aliphatic rings. The van der Waals surface area contributed by atoms with Crippen molar-refractivity contribution in [2.24, 2.45) is 0 Å². The van der Waals surface area contributed by atoms with Crippen molar-refractivity contribution < 1.29 is 9.15 Å². The van der Waals surface area contributed by atoms with Gasteiger partial charge in [0, 0.05) is 29.9 Å². The summed E-state index contributed by atoms with van der Waals surface area (Å²) in [4.78, 5) is 15.1. The smallest absolute Gasteiger partial charge is 0.336 e. The van der Waals surface area contributed by atoms with Crippen LogP contribution >= 0.6 is 0 Å². The highest BCUT2D eigenvalue weighted by molar-refractivity contribution is 5.77. The van der Waals surface area contributed by atoms with Gasteiger partial charge in [0.1, 0.15) is 17.9 Å². The van der Waals surface area contributed by atoms with Crippen molar-refractivity contribution >= 4 is 11.0 Å². The number of fused-ring (bicyclic) bond motifs is 1. The molecular formula is C14H12N2O3. The number of ether oxygens (including phenoxy) is 1. The van der Waals surface area contributed by atoms with Crippen LogP contribution in [0, 0.1) is 0 Å². The van der Waals surface area contributed by atoms with E-state index >= 15 is 0 Å². The lowest BCUT2D eigenvalue weighted by atomic mass is 10.2. The number of rotatable bonds is 4. The number of benzene rings is 1. The minimum Gasteiger partial charge on any atom is -0.492 e. The van der Waals surface area contributed by atoms with E-state index in [2.05, 4.69) is 4.98 Å². The van der Waals surface area contributed by atoms with Gasteiger partial charge >= 0.3 is 5.63 Å². The summed E-state index contributed by atoms with van der Waals surface area (Å²) in [5, 5.41) is 0.876. The second-order valence-electron chi connectivity index (χ2n) is 4.10. The topological polar surface area (TPSA) is 57.3 Å². The molecule has 0 unspecified atom stereocenters. The highest BCUT2D eigenvalue weighted by Crippen LogP contribution is 2.19. The van der Waals surface area contributed by atoms with Gasteiger partial charge in [-0.15, -0.1) is 0 Å². The second-order valence-corrected chi connectivity index (χ2v) is 4.10. The van der Waals surface area contributed by atoms with Crippen LogP contribution in [-0.4, -0.2) is 16.2 Å². The fourth-order valence-corrected chi connectivity index (χ4v) is 1.82. The summed E-state index contributed by atoms with van der Waals surface area (Å²) < 4.78 is 12.7. The van der Waals surface area contributed by atoms with Crippen LogP contribution in [0.1, 0.15) is 0 Å². The lowest BCUT2D eigenvalue weighted by Crippen LogP contribution is -2.06. The molecule has 0 N–H and O–H groups in total. The van der Waals surface area contributed by atoms with Crippen LogP contribution in [-0.2, 0) is 6.54 Å². The number of nitrogens with zero attached hydrogens (tertiary/aromatic N) is 2. The minimum absolute atomic E-state index is 0.358. The number of imidazole rings is 1. The second kappa shape index (κ2) is 4.97. The first kappa shape index (κ1) is 11.5. The van der Waals surface area contributed by atoms with Crippen LogP contribution in [0.15, 0.2) is 58.3 Å². The van der Waals surface area contributed by atoms with Crippen molar-refractivity contribution in [3.63, 3.8) is 0 Å². The van der Waals surface area contributed by atoms with E-state index in [0.29, 0.717) is 17.9 Å². The number of aromatic nitrogens is 2. The van der Waals surface area contributed by atoms with Crippen LogP contribution in [0.25, 0.3) is 11.0 Å². The van der Waals surface area contributed by atoms with Crippen LogP contribution in [0.5, 0.6) is 5.75 Å². The predicted octanol–water partition coefficient (Wildman–Crippen LogP) is 2.07. The quantitative estimate of drug-likeness (QED) is 0.670. The molecule has 96 valence electrons. The van der Waals surface area contributed by atoms with E-state index in [1.54, 1.807) is 24.7 Å². The Hall–Kier alpha value is -2.56. The molecule has 1 aromatic carbocycles. The van der Waals surface area contributed by atoms with E-state index in [4.69, 9.17) is 9.15 Å². The number of hydrogen-bond donors (Lipinski definition) is 0. The molecule has 5 nitrogen and oxygen atoms in total. The normalized spacial score (nSPS) is 10.7. The van der Waals surface area contributed by atoms with E-state index in [-0.39, 0.29) is 5.63 Å². The van der Waals surface area contributed by atoms with Crippen LogP contribution in [0.3, 0.4) is 0 Å². The zero-order valence-corrected chi connectivity index (χ0v) is 10.2. The van der Waals surface area contributed by atoms with Crippen LogP contribution < -0.4 is 10.4 Å². The van der Waals surface area contributed by atoms with Gasteiger partial charge in [-0.25, -0.2) is 9.78 Å². The highest BCUT2D eigenvalue weighted by Gasteiger charge is 2.00. The predicted molar refractivity (Wildman–Crippen MR) is 70.2 cm³/mol. The molecule has 2 aromatic heterocycles. The van der Waals surface area contributed by atoms with Gasteiger partial charge in [0.2, 0.25) is 0 Å². The molecule has 0 amide bonds. The molecule has 0 fully saturated rings. The maximum atomic E-state index is 11.1. The minimum atomic E-state index is -0.358. The molecule has 3 aromatic rings. The van der Waals surface area contributed by atoms with Crippen molar-refractivity contribution in [1.82, 2.24) is 9.55 Å². The lowest BCUT2D eigenvalue weighted by molar-refractivity contribution is 0.298. The first-order valence-corrected chi connectivity index (χ1v) is 5.94. The molecule has 0 atom stereocenters. The Morgan fingerprint density at radius 2 is 2.16 bits per heavy atom. The van der Waals surface area contributed by atoms with Gasteiger partial charge in [-0.3, -0.25) is 0 Å². The fourth-order valence-electron chi connectivity index (χ4n) is 1.82. The molecule has 3 rings (SSSR count). The molecule has 5 heteroatoms. The molecule has 19 heavy (non-hydrogen) atoms. The Balaban J connectivity index is 1.72. The maximum Gasteiger partial charge on any atom is 0.336 e. The molecular weight excluding hydrogens is 244 g/mol.